The summed E-state index contributed by atoms with van der Waals surface area (Å²) >= 11 is 0. The van der Waals surface area contributed by atoms with Crippen LogP contribution in [0.4, 0.5) is 23.7 Å². The van der Waals surface area contributed by atoms with Crippen molar-refractivity contribution in [1.29, 1.82) is 0 Å². The van der Waals surface area contributed by atoms with Crippen molar-refractivity contribution in [3.63, 3.8) is 0 Å². The molecule has 6 nitrogen and oxygen atoms in total. The number of piperidine rings is 1. The first kappa shape index (κ1) is 25.6. The molecule has 0 radical (unpaired) electrons. The van der Waals surface area contributed by atoms with Crippen molar-refractivity contribution < 1.29 is 27.9 Å². The number of hydrogen-bond donors (Lipinski definition) is 2. The van der Waals surface area contributed by atoms with E-state index in [4.69, 9.17) is 0 Å². The van der Waals surface area contributed by atoms with Crippen molar-refractivity contribution in [3.8, 4) is 0 Å². The highest BCUT2D eigenvalue weighted by molar-refractivity contribution is 5.94. The van der Waals surface area contributed by atoms with Gasteiger partial charge >= 0.3 is 12.3 Å². The van der Waals surface area contributed by atoms with Gasteiger partial charge in [-0.2, -0.15) is 13.2 Å². The standard InChI is InChI=1S/C25H30F3N3O3/c1-3-31(4-2)22(32)18-10-12-19(13-11-18)24(14-7-15-30(16-24)17-25(26,27)28)20-8-5-6-9-21(20)29-23(33)34/h5-6,8-13,29H,3-4,7,14-17H2,1-2H3,(H,33,34). The van der Waals surface area contributed by atoms with Gasteiger partial charge in [0.15, 0.2) is 0 Å². The fourth-order valence-corrected chi connectivity index (χ4v) is 4.89. The first-order chi connectivity index (χ1) is 16.1. The lowest BCUT2D eigenvalue weighted by Crippen LogP contribution is -2.49. The van der Waals surface area contributed by atoms with Crippen LogP contribution < -0.4 is 5.32 Å². The number of nitrogens with one attached hydrogen (secondary N) is 1. The summed E-state index contributed by atoms with van der Waals surface area (Å²) in [5, 5.41) is 11.7. The van der Waals surface area contributed by atoms with E-state index in [1.54, 1.807) is 53.4 Å². The molecule has 3 rings (SSSR count). The molecule has 1 fully saturated rings. The number of carbonyl (C=O) groups is 2. The average Bonchev–Trinajstić information content (AvgIpc) is 2.79. The van der Waals surface area contributed by atoms with Gasteiger partial charge in [0.2, 0.25) is 0 Å². The fourth-order valence-electron chi connectivity index (χ4n) is 4.89. The molecule has 34 heavy (non-hydrogen) atoms. The quantitative estimate of drug-likeness (QED) is 0.575. The number of para-hydroxylation sites is 1. The van der Waals surface area contributed by atoms with Gasteiger partial charge in [-0.1, -0.05) is 30.3 Å². The summed E-state index contributed by atoms with van der Waals surface area (Å²) in [7, 11) is 0. The third kappa shape index (κ3) is 5.70. The maximum Gasteiger partial charge on any atom is 0.409 e. The second-order valence-electron chi connectivity index (χ2n) is 8.54. The SMILES string of the molecule is CCN(CC)C(=O)c1ccc(C2(c3ccccc3NC(=O)O)CCCN(CC(F)(F)F)C2)cc1. The first-order valence-electron chi connectivity index (χ1n) is 11.4. The van der Waals surface area contributed by atoms with E-state index in [0.29, 0.717) is 49.3 Å². The number of likely N-dealkylation sites (tertiary alicyclic amines) is 1. The van der Waals surface area contributed by atoms with Gasteiger partial charge in [0.05, 0.1) is 6.54 Å². The highest BCUT2D eigenvalue weighted by Crippen LogP contribution is 2.44. The molecular weight excluding hydrogens is 447 g/mol. The zero-order valence-corrected chi connectivity index (χ0v) is 19.4. The van der Waals surface area contributed by atoms with Crippen molar-refractivity contribution in [2.75, 3.05) is 38.0 Å². The third-order valence-corrected chi connectivity index (χ3v) is 6.39. The number of carbonyl (C=O) groups excluding carboxylic acids is 1. The zero-order valence-electron chi connectivity index (χ0n) is 19.4. The van der Waals surface area contributed by atoms with Crippen molar-refractivity contribution in [2.24, 2.45) is 0 Å². The van der Waals surface area contributed by atoms with E-state index in [-0.39, 0.29) is 12.5 Å². The van der Waals surface area contributed by atoms with Gasteiger partial charge in [0.1, 0.15) is 0 Å². The molecule has 1 aliphatic heterocycles. The van der Waals surface area contributed by atoms with Gasteiger partial charge in [-0.25, -0.2) is 4.79 Å². The highest BCUT2D eigenvalue weighted by Gasteiger charge is 2.43. The summed E-state index contributed by atoms with van der Waals surface area (Å²) < 4.78 is 39.8. The summed E-state index contributed by atoms with van der Waals surface area (Å²) in [6.45, 7) is 4.27. The number of hydrogen-bond acceptors (Lipinski definition) is 3. The minimum absolute atomic E-state index is 0.0775. The minimum atomic E-state index is -4.35. The number of alkyl halides is 3. The smallest absolute Gasteiger partial charge is 0.409 e. The van der Waals surface area contributed by atoms with Crippen molar-refractivity contribution in [2.45, 2.75) is 38.3 Å². The Kier molecular flexibility index (Phi) is 7.86. The molecule has 0 aliphatic carbocycles. The van der Waals surface area contributed by atoms with E-state index in [9.17, 15) is 27.9 Å². The summed E-state index contributed by atoms with van der Waals surface area (Å²) in [6.07, 6.45) is -4.53. The molecule has 1 saturated heterocycles. The first-order valence-corrected chi connectivity index (χ1v) is 11.4. The van der Waals surface area contributed by atoms with Gasteiger partial charge < -0.3 is 10.0 Å². The Hall–Kier alpha value is -3.07. The van der Waals surface area contributed by atoms with E-state index >= 15 is 0 Å². The summed E-state index contributed by atoms with van der Waals surface area (Å²) in [6, 6.07) is 13.8. The van der Waals surface area contributed by atoms with E-state index in [1.807, 2.05) is 13.8 Å². The Bertz CT molecular complexity index is 1010. The Labute approximate surface area is 197 Å². The van der Waals surface area contributed by atoms with E-state index in [1.165, 1.54) is 4.90 Å². The van der Waals surface area contributed by atoms with Crippen LogP contribution in [-0.2, 0) is 5.41 Å². The largest absolute Gasteiger partial charge is 0.465 e. The van der Waals surface area contributed by atoms with Crippen LogP contribution in [0.2, 0.25) is 0 Å². The van der Waals surface area contributed by atoms with Crippen molar-refractivity contribution >= 4 is 17.7 Å². The number of nitrogens with zero attached hydrogens (tertiary/aromatic N) is 2. The van der Waals surface area contributed by atoms with Crippen LogP contribution >= 0.6 is 0 Å². The van der Waals surface area contributed by atoms with Crippen LogP contribution in [0.1, 0.15) is 48.2 Å². The maximum atomic E-state index is 13.3. The molecule has 0 bridgehead atoms. The predicted octanol–water partition coefficient (Wildman–Crippen LogP) is 5.20. The van der Waals surface area contributed by atoms with Gasteiger partial charge in [0.25, 0.3) is 5.91 Å². The Morgan fingerprint density at radius 1 is 1.09 bits per heavy atom. The molecule has 1 heterocycles. The topological polar surface area (TPSA) is 72.9 Å². The molecule has 9 heteroatoms. The number of anilines is 1. The zero-order chi connectivity index (χ0) is 24.9. The third-order valence-electron chi connectivity index (χ3n) is 6.39. The molecule has 2 aromatic carbocycles. The van der Waals surface area contributed by atoms with Gasteiger partial charge in [-0.3, -0.25) is 15.0 Å². The predicted molar refractivity (Wildman–Crippen MR) is 124 cm³/mol. The maximum absolute atomic E-state index is 13.3. The molecule has 0 saturated carbocycles. The number of halogens is 3. The summed E-state index contributed by atoms with van der Waals surface area (Å²) in [5.41, 5.74) is 1.33. The van der Waals surface area contributed by atoms with E-state index in [2.05, 4.69) is 5.32 Å². The molecule has 1 unspecified atom stereocenters. The molecule has 1 atom stereocenters. The molecule has 2 N–H and O–H groups in total. The molecular formula is C25H30F3N3O3. The van der Waals surface area contributed by atoms with Crippen LogP contribution in [0.25, 0.3) is 0 Å². The number of amides is 2. The lowest BCUT2D eigenvalue weighted by molar-refractivity contribution is -0.149. The normalized spacial score (nSPS) is 19.0. The number of rotatable bonds is 7. The molecule has 0 spiro atoms. The molecule has 2 aromatic rings. The van der Waals surface area contributed by atoms with Crippen molar-refractivity contribution in [1.82, 2.24) is 9.80 Å². The second kappa shape index (κ2) is 10.5. The molecule has 184 valence electrons. The number of carboxylic acid groups (broad SMARTS) is 1. The second-order valence-corrected chi connectivity index (χ2v) is 8.54. The van der Waals surface area contributed by atoms with Crippen LogP contribution in [0.15, 0.2) is 48.5 Å². The van der Waals surface area contributed by atoms with Gasteiger partial charge in [-0.15, -0.1) is 0 Å². The average molecular weight is 478 g/mol. The minimum Gasteiger partial charge on any atom is -0.465 e. The lowest BCUT2D eigenvalue weighted by Gasteiger charge is -2.44. The van der Waals surface area contributed by atoms with E-state index < -0.39 is 24.2 Å². The monoisotopic (exact) mass is 477 g/mol. The van der Waals surface area contributed by atoms with Crippen LogP contribution in [0.3, 0.4) is 0 Å². The Morgan fingerprint density at radius 2 is 1.74 bits per heavy atom. The summed E-state index contributed by atoms with van der Waals surface area (Å²) in [4.78, 5) is 27.2. The van der Waals surface area contributed by atoms with Gasteiger partial charge in [-0.05, 0) is 62.6 Å². The van der Waals surface area contributed by atoms with Gasteiger partial charge in [0, 0.05) is 36.3 Å². The highest BCUT2D eigenvalue weighted by atomic mass is 19.4. The van der Waals surface area contributed by atoms with Crippen LogP contribution in [-0.4, -0.2) is 65.8 Å². The summed E-state index contributed by atoms with van der Waals surface area (Å²) in [5.74, 6) is -0.110. The fraction of sp³-hybridized carbons (Fsp3) is 0.440. The Balaban J connectivity index is 2.08. The molecule has 2 amide bonds. The van der Waals surface area contributed by atoms with E-state index in [0.717, 1.165) is 5.56 Å². The number of benzene rings is 2. The Morgan fingerprint density at radius 3 is 2.32 bits per heavy atom. The van der Waals surface area contributed by atoms with Crippen LogP contribution in [0.5, 0.6) is 0 Å². The lowest BCUT2D eigenvalue weighted by atomic mass is 9.68. The molecule has 0 aromatic heterocycles. The van der Waals surface area contributed by atoms with Crippen molar-refractivity contribution in [3.05, 3.63) is 65.2 Å². The molecule has 1 aliphatic rings. The van der Waals surface area contributed by atoms with Crippen LogP contribution in [0, 0.1) is 0 Å².